The summed E-state index contributed by atoms with van der Waals surface area (Å²) in [5.41, 5.74) is 0.112. The lowest BCUT2D eigenvalue weighted by Crippen LogP contribution is -2.40. The van der Waals surface area contributed by atoms with Gasteiger partial charge in [0, 0.05) is 12.6 Å². The van der Waals surface area contributed by atoms with Crippen LogP contribution in [0.25, 0.3) is 16.9 Å². The number of hydrogen-bond donors (Lipinski definition) is 0. The van der Waals surface area contributed by atoms with E-state index in [4.69, 9.17) is 9.15 Å². The van der Waals surface area contributed by atoms with Crippen molar-refractivity contribution < 1.29 is 18.7 Å². The number of oxazole rings is 1. The number of carbonyl (C=O) groups excluding carboxylic acids is 1. The summed E-state index contributed by atoms with van der Waals surface area (Å²) in [7, 11) is 2.79. The Labute approximate surface area is 186 Å². The van der Waals surface area contributed by atoms with E-state index in [1.165, 1.54) is 28.8 Å². The Balaban J connectivity index is 1.68. The molecule has 1 aliphatic carbocycles. The van der Waals surface area contributed by atoms with Gasteiger partial charge in [0.1, 0.15) is 18.6 Å². The lowest BCUT2D eigenvalue weighted by Gasteiger charge is -2.13. The number of esters is 1. The molecule has 0 atom stereocenters. The van der Waals surface area contributed by atoms with Gasteiger partial charge in [-0.2, -0.15) is 0 Å². The number of aromatic nitrogens is 5. The topological polar surface area (TPSA) is 123 Å². The van der Waals surface area contributed by atoms with E-state index in [-0.39, 0.29) is 29.3 Å². The Bertz CT molecular complexity index is 1470. The van der Waals surface area contributed by atoms with Crippen molar-refractivity contribution in [3.05, 3.63) is 69.3 Å². The van der Waals surface area contributed by atoms with E-state index < -0.39 is 17.2 Å². The average Bonchev–Trinajstić information content (AvgIpc) is 3.37. The number of benzene rings is 1. The van der Waals surface area contributed by atoms with Gasteiger partial charge in [-0.15, -0.1) is 0 Å². The highest BCUT2D eigenvalue weighted by atomic mass is 16.5. The third kappa shape index (κ3) is 3.71. The molecule has 1 aliphatic rings. The Hall–Kier alpha value is -4.15. The fraction of sp³-hybridized carbons (Fsp3) is 0.318. The smallest absolute Gasteiger partial charge is 0.360 e. The van der Waals surface area contributed by atoms with E-state index in [0.717, 1.165) is 12.8 Å². The second kappa shape index (κ2) is 8.08. The Kier molecular flexibility index (Phi) is 5.08. The highest BCUT2D eigenvalue weighted by molar-refractivity contribution is 5.86. The van der Waals surface area contributed by atoms with Gasteiger partial charge in [0.25, 0.3) is 5.56 Å². The first-order chi connectivity index (χ1) is 16.0. The zero-order valence-electron chi connectivity index (χ0n) is 18.1. The van der Waals surface area contributed by atoms with Gasteiger partial charge >= 0.3 is 11.7 Å². The van der Waals surface area contributed by atoms with Crippen LogP contribution in [-0.4, -0.2) is 43.9 Å². The molecule has 0 spiro atoms. The van der Waals surface area contributed by atoms with E-state index in [1.807, 2.05) is 0 Å². The van der Waals surface area contributed by atoms with Gasteiger partial charge in [-0.3, -0.25) is 9.36 Å². The minimum atomic E-state index is -0.626. The van der Waals surface area contributed by atoms with Crippen LogP contribution >= 0.6 is 0 Å². The van der Waals surface area contributed by atoms with Crippen molar-refractivity contribution in [3.63, 3.8) is 0 Å². The first-order valence-corrected chi connectivity index (χ1v) is 10.4. The summed E-state index contributed by atoms with van der Waals surface area (Å²) in [5, 5.41) is 0. The Morgan fingerprint density at radius 3 is 2.79 bits per heavy atom. The quantitative estimate of drug-likeness (QED) is 0.388. The molecule has 0 amide bonds. The van der Waals surface area contributed by atoms with Gasteiger partial charge in [-0.05, 0) is 30.9 Å². The normalized spacial score (nSPS) is 13.4. The van der Waals surface area contributed by atoms with Crippen LogP contribution in [0.1, 0.15) is 29.2 Å². The zero-order chi connectivity index (χ0) is 23.1. The lowest BCUT2D eigenvalue weighted by atomic mass is 10.3. The van der Waals surface area contributed by atoms with Gasteiger partial charge in [0.05, 0.1) is 26.2 Å². The Morgan fingerprint density at radius 2 is 2.06 bits per heavy atom. The minimum Gasteiger partial charge on any atom is -0.497 e. The van der Waals surface area contributed by atoms with Crippen molar-refractivity contribution >= 4 is 17.1 Å². The van der Waals surface area contributed by atoms with Crippen molar-refractivity contribution in [2.75, 3.05) is 14.2 Å². The van der Waals surface area contributed by atoms with Crippen molar-refractivity contribution in [1.82, 2.24) is 23.7 Å². The standard InChI is InChI=1S/C22H21N5O6/c1-31-15-5-3-4-14(8-15)27-19-18(20(28)26(22(27)30)9-13-6-7-13)25(12-23-19)10-17-24-16(11-33-17)21(29)32-2/h3-5,8,11-13H,6-7,9-10H2,1-2H3. The van der Waals surface area contributed by atoms with Crippen LogP contribution in [0.4, 0.5) is 0 Å². The largest absolute Gasteiger partial charge is 0.497 e. The maximum absolute atomic E-state index is 13.4. The van der Waals surface area contributed by atoms with Crippen molar-refractivity contribution in [2.45, 2.75) is 25.9 Å². The second-order valence-corrected chi connectivity index (χ2v) is 7.84. The summed E-state index contributed by atoms with van der Waals surface area (Å²) < 4.78 is 19.5. The molecule has 4 aromatic rings. The molecule has 0 aliphatic heterocycles. The molecule has 5 rings (SSSR count). The van der Waals surface area contributed by atoms with Crippen LogP contribution < -0.4 is 16.0 Å². The molecular weight excluding hydrogens is 430 g/mol. The molecule has 1 fully saturated rings. The van der Waals surface area contributed by atoms with Gasteiger partial charge in [0.2, 0.25) is 5.89 Å². The SMILES string of the molecule is COC(=O)c1coc(Cn2cnc3c2c(=O)n(CC2CC2)c(=O)n3-c2cccc(OC)c2)n1. The molecule has 0 bridgehead atoms. The molecule has 1 saturated carbocycles. The summed E-state index contributed by atoms with van der Waals surface area (Å²) in [6, 6.07) is 7.00. The number of imidazole rings is 1. The second-order valence-electron chi connectivity index (χ2n) is 7.84. The average molecular weight is 451 g/mol. The molecule has 0 radical (unpaired) electrons. The Morgan fingerprint density at radius 1 is 1.24 bits per heavy atom. The van der Waals surface area contributed by atoms with Gasteiger partial charge < -0.3 is 18.5 Å². The first kappa shape index (κ1) is 20.7. The summed E-state index contributed by atoms with van der Waals surface area (Å²) in [5.74, 6) is 0.445. The molecule has 0 saturated heterocycles. The fourth-order valence-corrected chi connectivity index (χ4v) is 3.73. The van der Waals surface area contributed by atoms with Gasteiger partial charge in [0.15, 0.2) is 16.9 Å². The lowest BCUT2D eigenvalue weighted by molar-refractivity contribution is 0.0594. The van der Waals surface area contributed by atoms with E-state index in [0.29, 0.717) is 23.9 Å². The van der Waals surface area contributed by atoms with Crippen LogP contribution in [0.5, 0.6) is 5.75 Å². The van der Waals surface area contributed by atoms with Gasteiger partial charge in [-0.25, -0.2) is 24.1 Å². The summed E-state index contributed by atoms with van der Waals surface area (Å²) in [6.45, 7) is 0.386. The van der Waals surface area contributed by atoms with E-state index in [1.54, 1.807) is 35.9 Å². The zero-order valence-corrected chi connectivity index (χ0v) is 18.1. The molecular formula is C22H21N5O6. The molecule has 1 aromatic carbocycles. The summed E-state index contributed by atoms with van der Waals surface area (Å²) in [6.07, 6.45) is 4.60. The number of nitrogens with zero attached hydrogens (tertiary/aromatic N) is 5. The highest BCUT2D eigenvalue weighted by Crippen LogP contribution is 2.30. The van der Waals surface area contributed by atoms with E-state index in [9.17, 15) is 14.4 Å². The maximum atomic E-state index is 13.4. The van der Waals surface area contributed by atoms with Crippen molar-refractivity contribution in [2.24, 2.45) is 5.92 Å². The van der Waals surface area contributed by atoms with Crippen molar-refractivity contribution in [3.8, 4) is 11.4 Å². The molecule has 11 heteroatoms. The molecule has 11 nitrogen and oxygen atoms in total. The minimum absolute atomic E-state index is 0.0244. The first-order valence-electron chi connectivity index (χ1n) is 10.4. The molecule has 170 valence electrons. The van der Waals surface area contributed by atoms with E-state index in [2.05, 4.69) is 14.7 Å². The van der Waals surface area contributed by atoms with Gasteiger partial charge in [-0.1, -0.05) is 6.07 Å². The third-order valence-electron chi connectivity index (χ3n) is 5.60. The number of fused-ring (bicyclic) bond motifs is 1. The van der Waals surface area contributed by atoms with Crippen LogP contribution in [0.15, 0.2) is 50.9 Å². The predicted octanol–water partition coefficient (Wildman–Crippen LogP) is 1.59. The molecule has 3 heterocycles. The predicted molar refractivity (Wildman–Crippen MR) is 116 cm³/mol. The number of ether oxygens (including phenoxy) is 2. The third-order valence-corrected chi connectivity index (χ3v) is 5.60. The fourth-order valence-electron chi connectivity index (χ4n) is 3.73. The summed E-state index contributed by atoms with van der Waals surface area (Å²) in [4.78, 5) is 46.9. The van der Waals surface area contributed by atoms with Crippen LogP contribution in [0.3, 0.4) is 0 Å². The summed E-state index contributed by atoms with van der Waals surface area (Å²) >= 11 is 0. The number of hydrogen-bond acceptors (Lipinski definition) is 8. The van der Waals surface area contributed by atoms with Crippen molar-refractivity contribution in [1.29, 1.82) is 0 Å². The molecule has 0 unspecified atom stereocenters. The van der Waals surface area contributed by atoms with Crippen LogP contribution in [-0.2, 0) is 17.8 Å². The number of carbonyl (C=O) groups is 1. The van der Waals surface area contributed by atoms with Crippen LogP contribution in [0.2, 0.25) is 0 Å². The molecule has 3 aromatic heterocycles. The highest BCUT2D eigenvalue weighted by Gasteiger charge is 2.27. The molecule has 0 N–H and O–H groups in total. The number of rotatable bonds is 7. The monoisotopic (exact) mass is 451 g/mol. The molecule has 33 heavy (non-hydrogen) atoms. The van der Waals surface area contributed by atoms with Crippen LogP contribution in [0, 0.1) is 5.92 Å². The van der Waals surface area contributed by atoms with E-state index >= 15 is 0 Å². The number of methoxy groups -OCH3 is 2. The maximum Gasteiger partial charge on any atom is 0.360 e.